The molecule has 0 saturated heterocycles. The van der Waals surface area contributed by atoms with Crippen molar-refractivity contribution in [1.29, 1.82) is 0 Å². The lowest BCUT2D eigenvalue weighted by molar-refractivity contribution is -0.119. The molecule has 0 aliphatic carbocycles. The number of nitrogens with two attached hydrogens (primary N) is 1. The molecule has 1 amide bonds. The number of halogens is 2. The smallest absolute Gasteiger partial charge is 0.227 e. The molecule has 0 atom stereocenters. The quantitative estimate of drug-likeness (QED) is 0.766. The second kappa shape index (κ2) is 8.67. The number of Topliss-reactive ketones (excluding diaryl/α,β-unsaturated/α-hetero) is 1. The Bertz CT molecular complexity index is 806. The van der Waals surface area contributed by atoms with Crippen LogP contribution in [0.15, 0.2) is 42.5 Å². The number of carbonyl (C=O) groups excluding carboxylic acids is 2. The van der Waals surface area contributed by atoms with Crippen molar-refractivity contribution in [1.82, 2.24) is 0 Å². The molecule has 4 nitrogen and oxygen atoms in total. The number of hydrogen-bond donors (Lipinski definition) is 1. The van der Waals surface area contributed by atoms with E-state index in [9.17, 15) is 18.4 Å². The third-order valence-electron chi connectivity index (χ3n) is 3.89. The molecule has 0 unspecified atom stereocenters. The predicted octanol–water partition coefficient (Wildman–Crippen LogP) is 3.69. The Hall–Kier alpha value is -2.60. The summed E-state index contributed by atoms with van der Waals surface area (Å²) in [6, 6.07) is 9.66. The molecule has 138 valence electrons. The van der Waals surface area contributed by atoms with Crippen molar-refractivity contribution in [3.8, 4) is 0 Å². The van der Waals surface area contributed by atoms with Crippen LogP contribution in [-0.4, -0.2) is 18.2 Å². The number of anilines is 1. The number of amides is 1. The zero-order valence-corrected chi connectivity index (χ0v) is 14.8. The SMILES string of the molecule is CC(C)CC(=O)N(Cc1ccc(C(=O)CN)cc1F)c1cccc(F)c1. The zero-order chi connectivity index (χ0) is 19.3. The molecule has 2 rings (SSSR count). The van der Waals surface area contributed by atoms with Crippen LogP contribution in [0.3, 0.4) is 0 Å². The number of rotatable bonds is 7. The molecule has 0 saturated carbocycles. The zero-order valence-electron chi connectivity index (χ0n) is 14.8. The maximum absolute atomic E-state index is 14.4. The maximum Gasteiger partial charge on any atom is 0.227 e. The van der Waals surface area contributed by atoms with E-state index in [1.807, 2.05) is 13.8 Å². The van der Waals surface area contributed by atoms with Gasteiger partial charge in [0.2, 0.25) is 5.91 Å². The highest BCUT2D eigenvalue weighted by Gasteiger charge is 2.20. The largest absolute Gasteiger partial charge is 0.324 e. The van der Waals surface area contributed by atoms with Gasteiger partial charge in [-0.2, -0.15) is 0 Å². The maximum atomic E-state index is 14.4. The number of hydrogen-bond acceptors (Lipinski definition) is 3. The molecule has 0 bridgehead atoms. The van der Waals surface area contributed by atoms with Crippen LogP contribution in [0.4, 0.5) is 14.5 Å². The normalized spacial score (nSPS) is 10.8. The molecular weight excluding hydrogens is 338 g/mol. The van der Waals surface area contributed by atoms with Crippen molar-refractivity contribution in [2.75, 3.05) is 11.4 Å². The fourth-order valence-electron chi connectivity index (χ4n) is 2.56. The molecule has 2 aromatic rings. The van der Waals surface area contributed by atoms with Crippen LogP contribution in [0.2, 0.25) is 0 Å². The molecule has 2 aromatic carbocycles. The van der Waals surface area contributed by atoms with Gasteiger partial charge >= 0.3 is 0 Å². The Labute approximate surface area is 151 Å². The average molecular weight is 360 g/mol. The summed E-state index contributed by atoms with van der Waals surface area (Å²) >= 11 is 0. The number of ketones is 1. The lowest BCUT2D eigenvalue weighted by Crippen LogP contribution is -2.31. The first-order chi connectivity index (χ1) is 12.3. The molecule has 26 heavy (non-hydrogen) atoms. The van der Waals surface area contributed by atoms with Gasteiger partial charge in [0.15, 0.2) is 5.78 Å². The highest BCUT2D eigenvalue weighted by Crippen LogP contribution is 2.22. The Balaban J connectivity index is 2.35. The molecule has 0 aliphatic rings. The van der Waals surface area contributed by atoms with E-state index >= 15 is 0 Å². The first-order valence-corrected chi connectivity index (χ1v) is 8.39. The molecule has 0 aliphatic heterocycles. The van der Waals surface area contributed by atoms with Gasteiger partial charge in [-0.3, -0.25) is 9.59 Å². The molecule has 0 fully saturated rings. The van der Waals surface area contributed by atoms with E-state index < -0.39 is 11.6 Å². The topological polar surface area (TPSA) is 63.4 Å². The van der Waals surface area contributed by atoms with Gasteiger partial charge in [0.05, 0.1) is 13.1 Å². The summed E-state index contributed by atoms with van der Waals surface area (Å²) in [5.41, 5.74) is 6.06. The molecule has 0 radical (unpaired) electrons. The van der Waals surface area contributed by atoms with Gasteiger partial charge in [0.1, 0.15) is 11.6 Å². The summed E-state index contributed by atoms with van der Waals surface area (Å²) in [6.45, 7) is 3.53. The number of benzene rings is 2. The van der Waals surface area contributed by atoms with E-state index in [1.165, 1.54) is 35.2 Å². The minimum Gasteiger partial charge on any atom is -0.324 e. The lowest BCUT2D eigenvalue weighted by Gasteiger charge is -2.24. The number of carbonyl (C=O) groups is 2. The third kappa shape index (κ3) is 4.95. The fraction of sp³-hybridized carbons (Fsp3) is 0.300. The highest BCUT2D eigenvalue weighted by molar-refractivity contribution is 5.97. The second-order valence-electron chi connectivity index (χ2n) is 6.49. The van der Waals surface area contributed by atoms with E-state index in [-0.39, 0.29) is 48.2 Å². The summed E-state index contributed by atoms with van der Waals surface area (Å²) < 4.78 is 28.0. The van der Waals surface area contributed by atoms with Crippen molar-refractivity contribution in [3.63, 3.8) is 0 Å². The monoisotopic (exact) mass is 360 g/mol. The van der Waals surface area contributed by atoms with E-state index in [1.54, 1.807) is 6.07 Å². The van der Waals surface area contributed by atoms with Gasteiger partial charge in [-0.15, -0.1) is 0 Å². The van der Waals surface area contributed by atoms with E-state index in [2.05, 4.69) is 0 Å². The van der Waals surface area contributed by atoms with Crippen molar-refractivity contribution in [3.05, 3.63) is 65.2 Å². The summed E-state index contributed by atoms with van der Waals surface area (Å²) in [5.74, 6) is -1.58. The van der Waals surface area contributed by atoms with Gasteiger partial charge in [0, 0.05) is 23.2 Å². The van der Waals surface area contributed by atoms with Crippen LogP contribution < -0.4 is 10.6 Å². The third-order valence-corrected chi connectivity index (χ3v) is 3.89. The van der Waals surface area contributed by atoms with Gasteiger partial charge < -0.3 is 10.6 Å². The Kier molecular flexibility index (Phi) is 6.58. The Morgan fingerprint density at radius 3 is 2.42 bits per heavy atom. The molecule has 0 aromatic heterocycles. The van der Waals surface area contributed by atoms with E-state index in [4.69, 9.17) is 5.73 Å². The van der Waals surface area contributed by atoms with Crippen LogP contribution in [-0.2, 0) is 11.3 Å². The first-order valence-electron chi connectivity index (χ1n) is 8.39. The second-order valence-corrected chi connectivity index (χ2v) is 6.49. The van der Waals surface area contributed by atoms with Crippen molar-refractivity contribution in [2.45, 2.75) is 26.8 Å². The average Bonchev–Trinajstić information content (AvgIpc) is 2.59. The van der Waals surface area contributed by atoms with Crippen LogP contribution >= 0.6 is 0 Å². The minimum absolute atomic E-state index is 0.0576. The molecule has 0 heterocycles. The van der Waals surface area contributed by atoms with Gasteiger partial charge in [-0.25, -0.2) is 8.78 Å². The minimum atomic E-state index is -0.608. The predicted molar refractivity (Wildman–Crippen MR) is 96.8 cm³/mol. The Morgan fingerprint density at radius 2 is 1.85 bits per heavy atom. The van der Waals surface area contributed by atoms with E-state index in [0.29, 0.717) is 5.69 Å². The standard InChI is InChI=1S/C20H22F2N2O2/c1-13(2)8-20(26)24(17-5-3-4-16(21)10-17)12-15-7-6-14(9-18(15)22)19(25)11-23/h3-7,9-10,13H,8,11-12,23H2,1-2H3. The van der Waals surface area contributed by atoms with E-state index in [0.717, 1.165) is 6.07 Å². The van der Waals surface area contributed by atoms with Crippen LogP contribution in [0.5, 0.6) is 0 Å². The summed E-state index contributed by atoms with van der Waals surface area (Å²) in [6.07, 6.45) is 0.252. The molecular formula is C20H22F2N2O2. The van der Waals surface area contributed by atoms with Crippen LogP contribution in [0.1, 0.15) is 36.2 Å². The fourth-order valence-corrected chi connectivity index (χ4v) is 2.56. The molecule has 0 spiro atoms. The molecule has 6 heteroatoms. The number of nitrogens with zero attached hydrogens (tertiary/aromatic N) is 1. The first kappa shape index (κ1) is 19.7. The lowest BCUT2D eigenvalue weighted by atomic mass is 10.1. The van der Waals surface area contributed by atoms with Crippen LogP contribution in [0.25, 0.3) is 0 Å². The summed E-state index contributed by atoms with van der Waals surface area (Å²) in [5, 5.41) is 0. The van der Waals surface area contributed by atoms with Crippen molar-refractivity contribution in [2.24, 2.45) is 11.7 Å². The Morgan fingerprint density at radius 1 is 1.12 bits per heavy atom. The van der Waals surface area contributed by atoms with Crippen molar-refractivity contribution >= 4 is 17.4 Å². The summed E-state index contributed by atoms with van der Waals surface area (Å²) in [4.78, 5) is 25.6. The molecule has 2 N–H and O–H groups in total. The van der Waals surface area contributed by atoms with Gasteiger partial charge in [0.25, 0.3) is 0 Å². The van der Waals surface area contributed by atoms with Gasteiger partial charge in [-0.05, 0) is 30.2 Å². The van der Waals surface area contributed by atoms with Gasteiger partial charge in [-0.1, -0.05) is 32.0 Å². The van der Waals surface area contributed by atoms with Crippen LogP contribution in [0, 0.1) is 17.6 Å². The highest BCUT2D eigenvalue weighted by atomic mass is 19.1. The van der Waals surface area contributed by atoms with Crippen molar-refractivity contribution < 1.29 is 18.4 Å². The summed E-state index contributed by atoms with van der Waals surface area (Å²) in [7, 11) is 0.